The number of hydrogen-bond donors (Lipinski definition) is 0. The summed E-state index contributed by atoms with van der Waals surface area (Å²) < 4.78 is 12.0. The highest BCUT2D eigenvalue weighted by Crippen LogP contribution is 2.45. The van der Waals surface area contributed by atoms with Crippen molar-refractivity contribution in [3.05, 3.63) is 0 Å². The zero-order chi connectivity index (χ0) is 16.6. The second-order valence-electron chi connectivity index (χ2n) is 8.10. The molecule has 4 rings (SSSR count). The lowest BCUT2D eigenvalue weighted by Crippen LogP contribution is -2.76. The van der Waals surface area contributed by atoms with Gasteiger partial charge in [-0.3, -0.25) is 9.69 Å². The van der Waals surface area contributed by atoms with Gasteiger partial charge in [-0.25, -0.2) is 0 Å². The molecule has 0 aromatic rings. The summed E-state index contributed by atoms with van der Waals surface area (Å²) in [4.78, 5) is 16.7. The average molecular weight is 336 g/mol. The van der Waals surface area contributed by atoms with Gasteiger partial charge >= 0.3 is 0 Å². The minimum Gasteiger partial charge on any atom is -0.381 e. The average Bonchev–Trinajstić information content (AvgIpc) is 3.45. The third-order valence-corrected chi connectivity index (χ3v) is 6.68. The molecule has 3 heterocycles. The molecule has 1 amide bonds. The second-order valence-corrected chi connectivity index (χ2v) is 8.10. The maximum atomic E-state index is 11.9. The normalized spacial score (nSPS) is 31.2. The Balaban J connectivity index is 1.36. The van der Waals surface area contributed by atoms with Crippen molar-refractivity contribution in [2.24, 2.45) is 5.92 Å². The van der Waals surface area contributed by atoms with Gasteiger partial charge in [0.25, 0.3) is 0 Å². The molecule has 0 unspecified atom stereocenters. The summed E-state index contributed by atoms with van der Waals surface area (Å²) in [7, 11) is 0. The quantitative estimate of drug-likeness (QED) is 0.771. The van der Waals surface area contributed by atoms with E-state index in [1.807, 2.05) is 11.8 Å². The Kier molecular flexibility index (Phi) is 4.85. The van der Waals surface area contributed by atoms with E-state index in [1.54, 1.807) is 0 Å². The van der Waals surface area contributed by atoms with Crippen LogP contribution in [0.1, 0.15) is 51.9 Å². The van der Waals surface area contributed by atoms with Crippen molar-refractivity contribution in [3.8, 4) is 0 Å². The Bertz CT molecular complexity index is 452. The highest BCUT2D eigenvalue weighted by molar-refractivity contribution is 5.75. The molecule has 0 aromatic heterocycles. The summed E-state index contributed by atoms with van der Waals surface area (Å²) in [5.41, 5.74) is 0.217. The van der Waals surface area contributed by atoms with E-state index in [4.69, 9.17) is 9.47 Å². The first-order chi connectivity index (χ1) is 11.7. The van der Waals surface area contributed by atoms with Crippen LogP contribution in [0.25, 0.3) is 0 Å². The monoisotopic (exact) mass is 336 g/mol. The van der Waals surface area contributed by atoms with Gasteiger partial charge in [-0.1, -0.05) is 6.92 Å². The first-order valence-electron chi connectivity index (χ1n) is 9.97. The van der Waals surface area contributed by atoms with Crippen molar-refractivity contribution in [2.75, 3.05) is 39.5 Å². The van der Waals surface area contributed by atoms with Crippen LogP contribution in [0.2, 0.25) is 0 Å². The number of carbonyl (C=O) groups excluding carboxylic acids is 1. The largest absolute Gasteiger partial charge is 0.381 e. The summed E-state index contributed by atoms with van der Waals surface area (Å²) in [5, 5.41) is 0. The van der Waals surface area contributed by atoms with E-state index in [1.165, 1.54) is 12.8 Å². The fourth-order valence-corrected chi connectivity index (χ4v) is 4.84. The number of piperidine rings is 1. The lowest BCUT2D eigenvalue weighted by molar-refractivity contribution is -0.217. The molecule has 0 aromatic carbocycles. The SMILES string of the molecule is CCC(=O)N1CCC(N2C[C@H](OCC3CC3)C23CCOCC3)CC1. The molecule has 1 aliphatic carbocycles. The van der Waals surface area contributed by atoms with Crippen molar-refractivity contribution < 1.29 is 14.3 Å². The summed E-state index contributed by atoms with van der Waals surface area (Å²) >= 11 is 0. The topological polar surface area (TPSA) is 42.0 Å². The zero-order valence-corrected chi connectivity index (χ0v) is 15.0. The van der Waals surface area contributed by atoms with Crippen molar-refractivity contribution in [1.29, 1.82) is 0 Å². The molecule has 5 heteroatoms. The predicted molar refractivity (Wildman–Crippen MR) is 91.8 cm³/mol. The minimum atomic E-state index is 0.217. The van der Waals surface area contributed by atoms with E-state index in [-0.39, 0.29) is 5.54 Å². The van der Waals surface area contributed by atoms with Gasteiger partial charge in [0.1, 0.15) is 0 Å². The van der Waals surface area contributed by atoms with Gasteiger partial charge in [0.2, 0.25) is 5.91 Å². The molecule has 0 N–H and O–H groups in total. The molecule has 0 bridgehead atoms. The predicted octanol–water partition coefficient (Wildman–Crippen LogP) is 2.05. The highest BCUT2D eigenvalue weighted by atomic mass is 16.5. The fourth-order valence-electron chi connectivity index (χ4n) is 4.84. The number of carbonyl (C=O) groups is 1. The highest BCUT2D eigenvalue weighted by Gasteiger charge is 2.57. The molecule has 4 fully saturated rings. The lowest BCUT2D eigenvalue weighted by atomic mass is 9.73. The Hall–Kier alpha value is -0.650. The molecule has 4 aliphatic rings. The van der Waals surface area contributed by atoms with Crippen LogP contribution in [0.15, 0.2) is 0 Å². The summed E-state index contributed by atoms with van der Waals surface area (Å²) in [5.74, 6) is 1.14. The second kappa shape index (κ2) is 6.93. The first kappa shape index (κ1) is 16.8. The molecule has 24 heavy (non-hydrogen) atoms. The van der Waals surface area contributed by atoms with E-state index < -0.39 is 0 Å². The van der Waals surface area contributed by atoms with Gasteiger partial charge in [0.05, 0.1) is 11.6 Å². The molecular weight excluding hydrogens is 304 g/mol. The standard InChI is InChI=1S/C19H32N2O3/c1-2-18(22)20-9-5-16(6-10-20)21-13-17(24-14-15-3-4-15)19(21)7-11-23-12-8-19/h15-17H,2-14H2,1H3/t17-/m0/s1. The fraction of sp³-hybridized carbons (Fsp3) is 0.947. The number of nitrogens with zero attached hydrogens (tertiary/aromatic N) is 2. The van der Waals surface area contributed by atoms with Crippen molar-refractivity contribution in [1.82, 2.24) is 9.80 Å². The first-order valence-corrected chi connectivity index (χ1v) is 9.97. The number of ether oxygens (including phenoxy) is 2. The van der Waals surface area contributed by atoms with Crippen LogP contribution in [0.3, 0.4) is 0 Å². The number of likely N-dealkylation sites (tertiary alicyclic amines) is 2. The number of rotatable bonds is 5. The van der Waals surface area contributed by atoms with Gasteiger partial charge in [-0.15, -0.1) is 0 Å². The summed E-state index contributed by atoms with van der Waals surface area (Å²) in [6.07, 6.45) is 8.19. The molecule has 3 saturated heterocycles. The lowest BCUT2D eigenvalue weighted by Gasteiger charge is -2.63. The van der Waals surface area contributed by atoms with Crippen LogP contribution in [0.5, 0.6) is 0 Å². The smallest absolute Gasteiger partial charge is 0.222 e. The maximum Gasteiger partial charge on any atom is 0.222 e. The molecule has 3 aliphatic heterocycles. The van der Waals surface area contributed by atoms with Crippen LogP contribution >= 0.6 is 0 Å². The Morgan fingerprint density at radius 2 is 1.88 bits per heavy atom. The molecular formula is C19H32N2O3. The Morgan fingerprint density at radius 1 is 1.17 bits per heavy atom. The minimum absolute atomic E-state index is 0.217. The van der Waals surface area contributed by atoms with E-state index >= 15 is 0 Å². The van der Waals surface area contributed by atoms with Gasteiger partial charge in [-0.2, -0.15) is 0 Å². The van der Waals surface area contributed by atoms with Crippen molar-refractivity contribution in [3.63, 3.8) is 0 Å². The third-order valence-electron chi connectivity index (χ3n) is 6.68. The van der Waals surface area contributed by atoms with Crippen LogP contribution < -0.4 is 0 Å². The third kappa shape index (κ3) is 3.11. The summed E-state index contributed by atoms with van der Waals surface area (Å²) in [6.45, 7) is 7.59. The molecule has 1 atom stereocenters. The van der Waals surface area contributed by atoms with E-state index in [0.717, 1.165) is 71.1 Å². The van der Waals surface area contributed by atoms with Crippen molar-refractivity contribution in [2.45, 2.75) is 69.6 Å². The number of amides is 1. The van der Waals surface area contributed by atoms with Gasteiger partial charge < -0.3 is 14.4 Å². The summed E-state index contributed by atoms with van der Waals surface area (Å²) in [6, 6.07) is 0.616. The van der Waals surface area contributed by atoms with E-state index in [9.17, 15) is 4.79 Å². The number of hydrogen-bond acceptors (Lipinski definition) is 4. The van der Waals surface area contributed by atoms with Crippen LogP contribution in [-0.2, 0) is 14.3 Å². The Labute approximate surface area is 145 Å². The van der Waals surface area contributed by atoms with Crippen molar-refractivity contribution >= 4 is 5.91 Å². The van der Waals surface area contributed by atoms with Gasteiger partial charge in [0, 0.05) is 51.9 Å². The molecule has 1 spiro atoms. The molecule has 1 saturated carbocycles. The maximum absolute atomic E-state index is 11.9. The van der Waals surface area contributed by atoms with E-state index in [0.29, 0.717) is 24.5 Å². The molecule has 136 valence electrons. The van der Waals surface area contributed by atoms with E-state index in [2.05, 4.69) is 4.90 Å². The molecule has 0 radical (unpaired) electrons. The Morgan fingerprint density at radius 3 is 2.50 bits per heavy atom. The van der Waals surface area contributed by atoms with Crippen LogP contribution in [0, 0.1) is 5.92 Å². The molecule has 5 nitrogen and oxygen atoms in total. The van der Waals surface area contributed by atoms with Gasteiger partial charge in [-0.05, 0) is 44.4 Å². The van der Waals surface area contributed by atoms with Gasteiger partial charge in [0.15, 0.2) is 0 Å². The van der Waals surface area contributed by atoms with Crippen LogP contribution in [-0.4, -0.2) is 72.8 Å². The van der Waals surface area contributed by atoms with Crippen LogP contribution in [0.4, 0.5) is 0 Å². The zero-order valence-electron chi connectivity index (χ0n) is 15.0.